The van der Waals surface area contributed by atoms with Gasteiger partial charge in [0.2, 0.25) is 0 Å². The van der Waals surface area contributed by atoms with Gasteiger partial charge in [-0.1, -0.05) is 44.7 Å². The lowest BCUT2D eigenvalue weighted by Gasteiger charge is -2.04. The minimum Gasteiger partial charge on any atom is -0.504 e. The largest absolute Gasteiger partial charge is 0.504 e. The molecule has 0 aliphatic carbocycles. The topological polar surface area (TPSA) is 55.8 Å². The van der Waals surface area contributed by atoms with Crippen molar-refractivity contribution in [1.29, 1.82) is 0 Å². The molecule has 0 atom stereocenters. The van der Waals surface area contributed by atoms with Crippen molar-refractivity contribution in [2.75, 3.05) is 13.7 Å². The van der Waals surface area contributed by atoms with Crippen LogP contribution >= 0.6 is 0 Å². The number of unbranched alkanes of at least 4 members (excludes halogenated alkanes) is 4. The minimum absolute atomic E-state index is 0.106. The average molecular weight is 306 g/mol. The molecule has 0 unspecified atom stereocenters. The number of phenolic OH excluding ortho intramolecular Hbond substituents is 1. The first-order valence-electron chi connectivity index (χ1n) is 7.86. The summed E-state index contributed by atoms with van der Waals surface area (Å²) in [6.45, 7) is 2.43. The van der Waals surface area contributed by atoms with Crippen LogP contribution in [-0.2, 0) is 9.53 Å². The Hall–Kier alpha value is -1.97. The van der Waals surface area contributed by atoms with Crippen LogP contribution in [-0.4, -0.2) is 24.8 Å². The number of methoxy groups -OCH3 is 1. The summed E-state index contributed by atoms with van der Waals surface area (Å²) in [6.07, 6.45) is 9.71. The Labute approximate surface area is 132 Å². The number of aromatic hydroxyl groups is 1. The van der Waals surface area contributed by atoms with Gasteiger partial charge in [0.1, 0.15) is 6.61 Å². The van der Waals surface area contributed by atoms with Crippen LogP contribution in [0.4, 0.5) is 0 Å². The first-order valence-corrected chi connectivity index (χ1v) is 7.86. The SMILES string of the molecule is CCCCCCCC(=O)OC/C=C/c1ccc(O)c(OC)c1. The van der Waals surface area contributed by atoms with Gasteiger partial charge in [-0.25, -0.2) is 0 Å². The summed E-state index contributed by atoms with van der Waals surface area (Å²) in [5, 5.41) is 9.50. The van der Waals surface area contributed by atoms with Crippen molar-refractivity contribution in [3.63, 3.8) is 0 Å². The van der Waals surface area contributed by atoms with Gasteiger partial charge in [0.25, 0.3) is 0 Å². The van der Waals surface area contributed by atoms with E-state index in [9.17, 15) is 9.90 Å². The van der Waals surface area contributed by atoms with Crippen LogP contribution in [0.2, 0.25) is 0 Å². The number of carbonyl (C=O) groups excluding carboxylic acids is 1. The van der Waals surface area contributed by atoms with Gasteiger partial charge >= 0.3 is 5.97 Å². The first-order chi connectivity index (χ1) is 10.7. The Morgan fingerprint density at radius 1 is 1.23 bits per heavy atom. The van der Waals surface area contributed by atoms with Gasteiger partial charge in [0, 0.05) is 6.42 Å². The zero-order valence-electron chi connectivity index (χ0n) is 13.5. The van der Waals surface area contributed by atoms with Crippen LogP contribution in [0.25, 0.3) is 6.08 Å². The molecular formula is C18H26O4. The highest BCUT2D eigenvalue weighted by Gasteiger charge is 2.02. The second-order valence-electron chi connectivity index (χ2n) is 5.18. The van der Waals surface area contributed by atoms with E-state index in [1.807, 2.05) is 6.08 Å². The van der Waals surface area contributed by atoms with Gasteiger partial charge in [-0.2, -0.15) is 0 Å². The third kappa shape index (κ3) is 7.16. The van der Waals surface area contributed by atoms with Crippen molar-refractivity contribution >= 4 is 12.0 Å². The summed E-state index contributed by atoms with van der Waals surface area (Å²) >= 11 is 0. The Kier molecular flexibility index (Phi) is 8.80. The molecule has 0 bridgehead atoms. The number of benzene rings is 1. The Bertz CT molecular complexity index is 480. The summed E-state index contributed by atoms with van der Waals surface area (Å²) in [4.78, 5) is 11.5. The van der Waals surface area contributed by atoms with E-state index in [1.165, 1.54) is 26.4 Å². The number of carbonyl (C=O) groups is 1. The molecule has 122 valence electrons. The zero-order chi connectivity index (χ0) is 16.2. The molecule has 0 amide bonds. The number of hydrogen-bond acceptors (Lipinski definition) is 4. The molecule has 0 spiro atoms. The van der Waals surface area contributed by atoms with Crippen molar-refractivity contribution in [2.24, 2.45) is 0 Å². The normalized spacial score (nSPS) is 10.8. The summed E-state index contributed by atoms with van der Waals surface area (Å²) in [5.74, 6) is 0.379. The Morgan fingerprint density at radius 2 is 2.00 bits per heavy atom. The van der Waals surface area contributed by atoms with Gasteiger partial charge < -0.3 is 14.6 Å². The monoisotopic (exact) mass is 306 g/mol. The van der Waals surface area contributed by atoms with E-state index < -0.39 is 0 Å². The molecule has 0 aromatic heterocycles. The molecule has 1 aromatic rings. The lowest BCUT2D eigenvalue weighted by atomic mass is 10.1. The maximum atomic E-state index is 11.5. The second kappa shape index (κ2) is 10.7. The third-order valence-electron chi connectivity index (χ3n) is 3.34. The van der Waals surface area contributed by atoms with E-state index in [0.29, 0.717) is 12.2 Å². The van der Waals surface area contributed by atoms with Crippen LogP contribution in [0.15, 0.2) is 24.3 Å². The molecule has 0 heterocycles. The molecular weight excluding hydrogens is 280 g/mol. The molecule has 22 heavy (non-hydrogen) atoms. The lowest BCUT2D eigenvalue weighted by Crippen LogP contribution is -2.03. The van der Waals surface area contributed by atoms with E-state index in [-0.39, 0.29) is 18.3 Å². The van der Waals surface area contributed by atoms with Crippen molar-refractivity contribution in [3.05, 3.63) is 29.8 Å². The fourth-order valence-corrected chi connectivity index (χ4v) is 2.07. The van der Waals surface area contributed by atoms with E-state index in [4.69, 9.17) is 9.47 Å². The molecule has 0 radical (unpaired) electrons. The Balaban J connectivity index is 2.24. The van der Waals surface area contributed by atoms with E-state index in [0.717, 1.165) is 18.4 Å². The zero-order valence-corrected chi connectivity index (χ0v) is 13.5. The summed E-state index contributed by atoms with van der Waals surface area (Å²) in [5.41, 5.74) is 0.880. The molecule has 1 rings (SSSR count). The highest BCUT2D eigenvalue weighted by molar-refractivity contribution is 5.69. The molecule has 0 fully saturated rings. The van der Waals surface area contributed by atoms with E-state index in [1.54, 1.807) is 24.3 Å². The number of esters is 1. The van der Waals surface area contributed by atoms with Crippen LogP contribution < -0.4 is 4.74 Å². The highest BCUT2D eigenvalue weighted by atomic mass is 16.5. The van der Waals surface area contributed by atoms with Gasteiger partial charge in [-0.15, -0.1) is 0 Å². The quantitative estimate of drug-likeness (QED) is 0.517. The fourth-order valence-electron chi connectivity index (χ4n) is 2.07. The lowest BCUT2D eigenvalue weighted by molar-refractivity contribution is -0.142. The third-order valence-corrected chi connectivity index (χ3v) is 3.34. The molecule has 0 aliphatic heterocycles. The number of phenols is 1. The van der Waals surface area contributed by atoms with Crippen molar-refractivity contribution in [2.45, 2.75) is 45.4 Å². The van der Waals surface area contributed by atoms with Crippen LogP contribution in [0, 0.1) is 0 Å². The van der Waals surface area contributed by atoms with Gasteiger partial charge in [0.15, 0.2) is 11.5 Å². The molecule has 1 N–H and O–H groups in total. The molecule has 0 saturated carbocycles. The van der Waals surface area contributed by atoms with Gasteiger partial charge in [0.05, 0.1) is 7.11 Å². The minimum atomic E-state index is -0.149. The number of ether oxygens (including phenoxy) is 2. The smallest absolute Gasteiger partial charge is 0.306 e. The standard InChI is InChI=1S/C18H26O4/c1-3-4-5-6-7-10-18(20)22-13-8-9-15-11-12-16(19)17(14-15)21-2/h8-9,11-12,14,19H,3-7,10,13H2,1-2H3/b9-8+. The van der Waals surface area contributed by atoms with Gasteiger partial charge in [-0.05, 0) is 30.2 Å². The van der Waals surface area contributed by atoms with Crippen molar-refractivity contribution in [1.82, 2.24) is 0 Å². The van der Waals surface area contributed by atoms with E-state index >= 15 is 0 Å². The summed E-state index contributed by atoms with van der Waals surface area (Å²) in [6, 6.07) is 5.06. The second-order valence-corrected chi connectivity index (χ2v) is 5.18. The molecule has 4 heteroatoms. The maximum Gasteiger partial charge on any atom is 0.306 e. The first kappa shape index (κ1) is 18.1. The average Bonchev–Trinajstić information content (AvgIpc) is 2.52. The molecule has 0 aliphatic rings. The maximum absolute atomic E-state index is 11.5. The van der Waals surface area contributed by atoms with Crippen LogP contribution in [0.5, 0.6) is 11.5 Å². The van der Waals surface area contributed by atoms with Crippen molar-refractivity contribution in [3.8, 4) is 11.5 Å². The van der Waals surface area contributed by atoms with Crippen LogP contribution in [0.3, 0.4) is 0 Å². The Morgan fingerprint density at radius 3 is 2.73 bits per heavy atom. The number of rotatable bonds is 10. The molecule has 0 saturated heterocycles. The molecule has 4 nitrogen and oxygen atoms in total. The van der Waals surface area contributed by atoms with E-state index in [2.05, 4.69) is 6.92 Å². The molecule has 1 aromatic carbocycles. The fraction of sp³-hybridized carbons (Fsp3) is 0.500. The van der Waals surface area contributed by atoms with Gasteiger partial charge in [-0.3, -0.25) is 4.79 Å². The van der Waals surface area contributed by atoms with Crippen molar-refractivity contribution < 1.29 is 19.4 Å². The predicted molar refractivity (Wildman–Crippen MR) is 88.0 cm³/mol. The highest BCUT2D eigenvalue weighted by Crippen LogP contribution is 2.26. The van der Waals surface area contributed by atoms with Crippen LogP contribution in [0.1, 0.15) is 51.0 Å². The summed E-state index contributed by atoms with van der Waals surface area (Å²) < 4.78 is 10.2. The predicted octanol–water partition coefficient (Wildman–Crippen LogP) is 4.32. The number of hydrogen-bond donors (Lipinski definition) is 1. The summed E-state index contributed by atoms with van der Waals surface area (Å²) in [7, 11) is 1.50.